The van der Waals surface area contributed by atoms with Crippen LogP contribution >= 0.6 is 47.6 Å². The Morgan fingerprint density at radius 1 is 1.50 bits per heavy atom. The van der Waals surface area contributed by atoms with E-state index >= 15 is 0 Å². The zero-order valence-corrected chi connectivity index (χ0v) is 9.96. The molecule has 0 atom stereocenters. The minimum absolute atomic E-state index is 0.0349. The van der Waals surface area contributed by atoms with E-state index in [1.165, 1.54) is 0 Å². The quantitative estimate of drug-likeness (QED) is 0.621. The number of aliphatic hydroxyl groups is 1. The predicted molar refractivity (Wildman–Crippen MR) is 66.8 cm³/mol. The Morgan fingerprint density at radius 3 is 2.50 bits per heavy atom. The van der Waals surface area contributed by atoms with Gasteiger partial charge in [0, 0.05) is 5.02 Å². The molecule has 0 aliphatic carbocycles. The van der Waals surface area contributed by atoms with Gasteiger partial charge in [-0.15, -0.1) is 0 Å². The Labute approximate surface area is 102 Å². The fourth-order valence-corrected chi connectivity index (χ4v) is 0.989. The molecule has 0 aliphatic heterocycles. The highest BCUT2D eigenvalue weighted by molar-refractivity contribution is 7.82. The number of hydrogen-bond acceptors (Lipinski definition) is 3. The molecule has 0 heterocycles. The summed E-state index contributed by atoms with van der Waals surface area (Å²) in [5.74, 6) is 0.553. The van der Waals surface area contributed by atoms with E-state index in [2.05, 4.69) is 24.4 Å². The smallest absolute Gasteiger partial charge is 0.260 e. The van der Waals surface area contributed by atoms with Crippen LogP contribution in [0.2, 0.25) is 5.02 Å². The van der Waals surface area contributed by atoms with Crippen molar-refractivity contribution in [1.29, 1.82) is 0 Å². The van der Waals surface area contributed by atoms with Crippen molar-refractivity contribution >= 4 is 57.7 Å². The molecule has 0 fully saturated rings. The first-order chi connectivity index (χ1) is 6.60. The fraction of sp³-hybridized carbons (Fsp3) is 0. The van der Waals surface area contributed by atoms with Gasteiger partial charge in [0.15, 0.2) is 0 Å². The largest absolute Gasteiger partial charge is 0.504 e. The van der Waals surface area contributed by atoms with E-state index in [-0.39, 0.29) is 4.51 Å². The van der Waals surface area contributed by atoms with Crippen LogP contribution in [-0.2, 0) is 0 Å². The summed E-state index contributed by atoms with van der Waals surface area (Å²) in [7, 11) is 0. The number of rotatable bonds is 1. The molecular formula is C8H6Cl2O2S2. The lowest BCUT2D eigenvalue weighted by atomic mass is 10.3. The SMILES string of the molecule is OC=S.S=C(Cl)Oc1cccc(Cl)c1. The van der Waals surface area contributed by atoms with Gasteiger partial charge in [0.1, 0.15) is 11.3 Å². The van der Waals surface area contributed by atoms with Crippen LogP contribution in [0.15, 0.2) is 24.3 Å². The van der Waals surface area contributed by atoms with Gasteiger partial charge in [0.05, 0.1) is 0 Å². The highest BCUT2D eigenvalue weighted by atomic mass is 35.5. The van der Waals surface area contributed by atoms with Crippen LogP contribution in [-0.4, -0.2) is 15.2 Å². The Balaban J connectivity index is 0.000000500. The highest BCUT2D eigenvalue weighted by Gasteiger charge is 1.95. The van der Waals surface area contributed by atoms with Gasteiger partial charge in [-0.1, -0.05) is 17.7 Å². The fourth-order valence-electron chi connectivity index (χ4n) is 0.623. The lowest BCUT2D eigenvalue weighted by Crippen LogP contribution is -1.94. The molecule has 1 rings (SSSR count). The maximum atomic E-state index is 7.26. The van der Waals surface area contributed by atoms with Gasteiger partial charge in [-0.2, -0.15) is 0 Å². The van der Waals surface area contributed by atoms with Gasteiger partial charge in [-0.05, 0) is 54.2 Å². The third-order valence-electron chi connectivity index (χ3n) is 0.994. The zero-order chi connectivity index (χ0) is 11.0. The summed E-state index contributed by atoms with van der Waals surface area (Å²) in [6, 6.07) is 6.86. The standard InChI is InChI=1S/C7H4Cl2OS.CH2OS/c8-5-2-1-3-6(4-5)10-7(9)11;2-1-3/h1-4H;1H,(H,2,3). The van der Waals surface area contributed by atoms with Crippen LogP contribution < -0.4 is 4.74 Å². The summed E-state index contributed by atoms with van der Waals surface area (Å²) in [6.07, 6.45) is 0. The number of halogens is 2. The number of benzene rings is 1. The monoisotopic (exact) mass is 268 g/mol. The van der Waals surface area contributed by atoms with Gasteiger partial charge < -0.3 is 9.84 Å². The van der Waals surface area contributed by atoms with Crippen LogP contribution in [0.25, 0.3) is 0 Å². The third kappa shape index (κ3) is 7.03. The minimum atomic E-state index is -0.0349. The second-order valence-corrected chi connectivity index (χ2v) is 3.49. The molecule has 0 aromatic heterocycles. The molecule has 1 aromatic carbocycles. The topological polar surface area (TPSA) is 29.5 Å². The van der Waals surface area contributed by atoms with Crippen molar-refractivity contribution in [3.8, 4) is 5.75 Å². The maximum absolute atomic E-state index is 7.26. The molecule has 0 bridgehead atoms. The van der Waals surface area contributed by atoms with Crippen molar-refractivity contribution in [3.63, 3.8) is 0 Å². The number of hydrogen-bond donors (Lipinski definition) is 1. The normalized spacial score (nSPS) is 8.14. The average Bonchev–Trinajstić information content (AvgIpc) is 2.03. The Morgan fingerprint density at radius 2 is 2.07 bits per heavy atom. The molecule has 1 aromatic rings. The molecule has 0 saturated carbocycles. The van der Waals surface area contributed by atoms with Crippen molar-refractivity contribution in [2.75, 3.05) is 0 Å². The minimum Gasteiger partial charge on any atom is -0.504 e. The van der Waals surface area contributed by atoms with Crippen molar-refractivity contribution in [3.05, 3.63) is 29.3 Å². The van der Waals surface area contributed by atoms with Crippen LogP contribution in [0.5, 0.6) is 5.75 Å². The predicted octanol–water partition coefficient (Wildman–Crippen LogP) is 3.74. The molecule has 0 radical (unpaired) electrons. The van der Waals surface area contributed by atoms with Crippen LogP contribution in [0.4, 0.5) is 0 Å². The van der Waals surface area contributed by atoms with Gasteiger partial charge in [-0.25, -0.2) is 0 Å². The first kappa shape index (κ1) is 13.6. The van der Waals surface area contributed by atoms with E-state index < -0.39 is 0 Å². The first-order valence-electron chi connectivity index (χ1n) is 3.31. The molecular weight excluding hydrogens is 263 g/mol. The van der Waals surface area contributed by atoms with Crippen molar-refractivity contribution in [1.82, 2.24) is 0 Å². The molecule has 0 amide bonds. The van der Waals surface area contributed by atoms with E-state index in [0.29, 0.717) is 16.3 Å². The molecule has 6 heteroatoms. The number of ether oxygens (including phenoxy) is 1. The summed E-state index contributed by atoms with van der Waals surface area (Å²) >= 11 is 19.3. The van der Waals surface area contributed by atoms with Gasteiger partial charge in [0.25, 0.3) is 4.51 Å². The van der Waals surface area contributed by atoms with E-state index in [1.54, 1.807) is 24.3 Å². The van der Waals surface area contributed by atoms with E-state index in [4.69, 9.17) is 33.0 Å². The lowest BCUT2D eigenvalue weighted by molar-refractivity contribution is 0.578. The number of aliphatic hydroxyl groups excluding tert-OH is 1. The second-order valence-electron chi connectivity index (χ2n) is 1.90. The summed E-state index contributed by atoms with van der Waals surface area (Å²) in [5.41, 5.74) is 0.583. The maximum Gasteiger partial charge on any atom is 0.260 e. The molecule has 0 unspecified atom stereocenters. The lowest BCUT2D eigenvalue weighted by Gasteiger charge is -1.99. The first-order valence-corrected chi connectivity index (χ1v) is 4.94. The van der Waals surface area contributed by atoms with Gasteiger partial charge in [0.2, 0.25) is 0 Å². The Hall–Kier alpha value is -0.420. The third-order valence-corrected chi connectivity index (χ3v) is 1.39. The molecule has 0 spiro atoms. The summed E-state index contributed by atoms with van der Waals surface area (Å²) in [4.78, 5) is 0. The van der Waals surface area contributed by atoms with Gasteiger partial charge in [-0.3, -0.25) is 0 Å². The summed E-state index contributed by atoms with van der Waals surface area (Å²) in [5, 5.41) is 7.85. The molecule has 2 nitrogen and oxygen atoms in total. The molecule has 76 valence electrons. The zero-order valence-electron chi connectivity index (χ0n) is 6.81. The average molecular weight is 269 g/mol. The highest BCUT2D eigenvalue weighted by Crippen LogP contribution is 2.17. The molecule has 0 saturated heterocycles. The molecule has 0 aliphatic rings. The van der Waals surface area contributed by atoms with Crippen LogP contribution in [0.3, 0.4) is 0 Å². The van der Waals surface area contributed by atoms with E-state index in [9.17, 15) is 0 Å². The number of thiocarbonyl (C=S) groups is 2. The summed E-state index contributed by atoms with van der Waals surface area (Å²) in [6.45, 7) is 0. The van der Waals surface area contributed by atoms with E-state index in [0.717, 1.165) is 0 Å². The second kappa shape index (κ2) is 7.94. The van der Waals surface area contributed by atoms with E-state index in [1.807, 2.05) is 0 Å². The van der Waals surface area contributed by atoms with Crippen LogP contribution in [0.1, 0.15) is 0 Å². The van der Waals surface area contributed by atoms with Crippen molar-refractivity contribution < 1.29 is 9.84 Å². The molecule has 14 heavy (non-hydrogen) atoms. The summed E-state index contributed by atoms with van der Waals surface area (Å²) < 4.78 is 4.87. The van der Waals surface area contributed by atoms with Crippen LogP contribution in [0, 0.1) is 0 Å². The Bertz CT molecular complexity index is 318. The Kier molecular flexibility index (Phi) is 7.70. The van der Waals surface area contributed by atoms with Crippen molar-refractivity contribution in [2.24, 2.45) is 0 Å². The molecule has 1 N–H and O–H groups in total. The van der Waals surface area contributed by atoms with Gasteiger partial charge >= 0.3 is 0 Å². The van der Waals surface area contributed by atoms with Crippen molar-refractivity contribution in [2.45, 2.75) is 0 Å².